The number of likely N-dealkylation sites (tertiary alicyclic amines) is 1. The van der Waals surface area contributed by atoms with Crippen molar-refractivity contribution < 1.29 is 9.53 Å². The van der Waals surface area contributed by atoms with Crippen LogP contribution in [0.3, 0.4) is 0 Å². The summed E-state index contributed by atoms with van der Waals surface area (Å²) in [7, 11) is 0. The van der Waals surface area contributed by atoms with Gasteiger partial charge < -0.3 is 9.53 Å². The lowest BCUT2D eigenvalue weighted by molar-refractivity contribution is -0.118. The SMILES string of the molecule is CCCCCCC#Cc1cncc(OCN2CCC2C=O)c1. The monoisotopic (exact) mass is 300 g/mol. The highest BCUT2D eigenvalue weighted by molar-refractivity contribution is 5.59. The maximum absolute atomic E-state index is 10.7. The molecule has 0 bridgehead atoms. The van der Waals surface area contributed by atoms with Crippen molar-refractivity contribution in [2.24, 2.45) is 0 Å². The summed E-state index contributed by atoms with van der Waals surface area (Å²) < 4.78 is 5.68. The first-order valence-corrected chi connectivity index (χ1v) is 8.09. The maximum Gasteiger partial charge on any atom is 0.142 e. The first-order chi connectivity index (χ1) is 10.8. The Kier molecular flexibility index (Phi) is 6.92. The van der Waals surface area contributed by atoms with Crippen molar-refractivity contribution >= 4 is 6.29 Å². The maximum atomic E-state index is 10.7. The topological polar surface area (TPSA) is 42.4 Å². The number of carbonyl (C=O) groups excluding carboxylic acids is 1. The molecule has 0 saturated carbocycles. The molecule has 0 spiro atoms. The summed E-state index contributed by atoms with van der Waals surface area (Å²) in [6.07, 6.45) is 11.2. The summed E-state index contributed by atoms with van der Waals surface area (Å²) in [6.45, 7) is 3.55. The van der Waals surface area contributed by atoms with Gasteiger partial charge >= 0.3 is 0 Å². The Bertz CT molecular complexity index is 533. The molecule has 118 valence electrons. The number of pyridine rings is 1. The van der Waals surface area contributed by atoms with Crippen molar-refractivity contribution in [3.8, 4) is 17.6 Å². The molecule has 1 unspecified atom stereocenters. The van der Waals surface area contributed by atoms with E-state index in [4.69, 9.17) is 4.74 Å². The molecule has 1 aromatic rings. The third-order valence-electron chi connectivity index (χ3n) is 3.84. The van der Waals surface area contributed by atoms with E-state index in [-0.39, 0.29) is 6.04 Å². The molecule has 2 heterocycles. The van der Waals surface area contributed by atoms with Gasteiger partial charge in [-0.1, -0.05) is 38.0 Å². The Labute approximate surface area is 132 Å². The number of aromatic nitrogens is 1. The largest absolute Gasteiger partial charge is 0.476 e. The summed E-state index contributed by atoms with van der Waals surface area (Å²) in [5.41, 5.74) is 0.878. The molecule has 1 aliphatic rings. The summed E-state index contributed by atoms with van der Waals surface area (Å²) in [6, 6.07) is 1.92. The first kappa shape index (κ1) is 16.5. The lowest BCUT2D eigenvalue weighted by atomic mass is 10.1. The molecule has 0 aromatic carbocycles. The van der Waals surface area contributed by atoms with Crippen LogP contribution in [0.1, 0.15) is 51.0 Å². The minimum atomic E-state index is 0.0130. The van der Waals surface area contributed by atoms with Crippen LogP contribution in [0.2, 0.25) is 0 Å². The van der Waals surface area contributed by atoms with Gasteiger partial charge in [-0.15, -0.1) is 0 Å². The molecule has 1 aliphatic heterocycles. The predicted molar refractivity (Wildman–Crippen MR) is 86.5 cm³/mol. The molecule has 2 rings (SSSR count). The van der Waals surface area contributed by atoms with Crippen LogP contribution in [0.4, 0.5) is 0 Å². The Hall–Kier alpha value is -1.86. The molecule has 1 atom stereocenters. The van der Waals surface area contributed by atoms with Crippen LogP contribution < -0.4 is 4.74 Å². The van der Waals surface area contributed by atoms with Gasteiger partial charge in [0.15, 0.2) is 0 Å². The number of nitrogens with zero attached hydrogens (tertiary/aromatic N) is 2. The molecule has 4 nitrogen and oxygen atoms in total. The van der Waals surface area contributed by atoms with E-state index >= 15 is 0 Å². The zero-order valence-corrected chi connectivity index (χ0v) is 13.3. The van der Waals surface area contributed by atoms with E-state index in [0.29, 0.717) is 12.5 Å². The van der Waals surface area contributed by atoms with Gasteiger partial charge in [0.05, 0.1) is 12.2 Å². The van der Waals surface area contributed by atoms with E-state index in [1.54, 1.807) is 12.4 Å². The normalized spacial score (nSPS) is 17.2. The molecule has 0 amide bonds. The summed E-state index contributed by atoms with van der Waals surface area (Å²) in [5.74, 6) is 7.03. The fourth-order valence-electron chi connectivity index (χ4n) is 2.30. The number of hydrogen-bond donors (Lipinski definition) is 0. The Morgan fingerprint density at radius 2 is 2.32 bits per heavy atom. The third kappa shape index (κ3) is 5.16. The summed E-state index contributed by atoms with van der Waals surface area (Å²) in [5, 5.41) is 0. The summed E-state index contributed by atoms with van der Waals surface area (Å²) >= 11 is 0. The Morgan fingerprint density at radius 3 is 3.05 bits per heavy atom. The zero-order valence-electron chi connectivity index (χ0n) is 13.3. The molecule has 22 heavy (non-hydrogen) atoms. The van der Waals surface area contributed by atoms with Crippen LogP contribution in [-0.4, -0.2) is 35.5 Å². The standard InChI is InChI=1S/C18H24N2O2/c1-2-3-4-5-6-7-8-16-11-18(13-19-12-16)22-15-20-10-9-17(20)14-21/h11-14,17H,2-6,9-10,15H2,1H3. The molecule has 1 aromatic heterocycles. The second-order valence-corrected chi connectivity index (χ2v) is 5.60. The van der Waals surface area contributed by atoms with Gasteiger partial charge in [0.2, 0.25) is 0 Å². The fraction of sp³-hybridized carbons (Fsp3) is 0.556. The lowest BCUT2D eigenvalue weighted by Crippen LogP contribution is -2.50. The van der Waals surface area contributed by atoms with Crippen molar-refractivity contribution in [2.75, 3.05) is 13.3 Å². The minimum Gasteiger partial charge on any atom is -0.476 e. The third-order valence-corrected chi connectivity index (χ3v) is 3.84. The van der Waals surface area contributed by atoms with E-state index in [0.717, 1.165) is 37.7 Å². The van der Waals surface area contributed by atoms with Gasteiger partial charge in [-0.25, -0.2) is 0 Å². The van der Waals surface area contributed by atoms with Crippen LogP contribution in [0.15, 0.2) is 18.5 Å². The van der Waals surface area contributed by atoms with Crippen molar-refractivity contribution in [1.82, 2.24) is 9.88 Å². The highest BCUT2D eigenvalue weighted by Crippen LogP contribution is 2.17. The zero-order chi connectivity index (χ0) is 15.6. The van der Waals surface area contributed by atoms with E-state index < -0.39 is 0 Å². The number of hydrogen-bond acceptors (Lipinski definition) is 4. The van der Waals surface area contributed by atoms with E-state index in [1.165, 1.54) is 19.3 Å². The molecule has 0 radical (unpaired) electrons. The smallest absolute Gasteiger partial charge is 0.142 e. The highest BCUT2D eigenvalue weighted by Gasteiger charge is 2.27. The van der Waals surface area contributed by atoms with Gasteiger partial charge in [0.1, 0.15) is 18.8 Å². The summed E-state index contributed by atoms with van der Waals surface area (Å²) in [4.78, 5) is 16.9. The van der Waals surface area contributed by atoms with Gasteiger partial charge in [0.25, 0.3) is 0 Å². The Morgan fingerprint density at radius 1 is 1.41 bits per heavy atom. The second kappa shape index (κ2) is 9.22. The van der Waals surface area contributed by atoms with Crippen molar-refractivity contribution in [2.45, 2.75) is 51.5 Å². The first-order valence-electron chi connectivity index (χ1n) is 8.09. The minimum absolute atomic E-state index is 0.0130. The van der Waals surface area contributed by atoms with Crippen LogP contribution in [0, 0.1) is 11.8 Å². The number of carbonyl (C=O) groups is 1. The highest BCUT2D eigenvalue weighted by atomic mass is 16.5. The predicted octanol–water partition coefficient (Wildman–Crippen LogP) is 3.01. The lowest BCUT2D eigenvalue weighted by Gasteiger charge is -2.36. The van der Waals surface area contributed by atoms with Gasteiger partial charge in [-0.05, 0) is 18.9 Å². The van der Waals surface area contributed by atoms with Gasteiger partial charge in [-0.2, -0.15) is 0 Å². The van der Waals surface area contributed by atoms with Crippen molar-refractivity contribution in [1.29, 1.82) is 0 Å². The van der Waals surface area contributed by atoms with Crippen LogP contribution >= 0.6 is 0 Å². The fourth-order valence-corrected chi connectivity index (χ4v) is 2.30. The number of ether oxygens (including phenoxy) is 1. The molecule has 1 saturated heterocycles. The van der Waals surface area contributed by atoms with Crippen LogP contribution in [0.5, 0.6) is 5.75 Å². The number of aldehydes is 1. The van der Waals surface area contributed by atoms with Crippen molar-refractivity contribution in [3.63, 3.8) is 0 Å². The average molecular weight is 300 g/mol. The number of rotatable bonds is 8. The quantitative estimate of drug-likeness (QED) is 0.420. The van der Waals surface area contributed by atoms with Crippen molar-refractivity contribution in [3.05, 3.63) is 24.0 Å². The second-order valence-electron chi connectivity index (χ2n) is 5.60. The molecule has 0 N–H and O–H groups in total. The van der Waals surface area contributed by atoms with Gasteiger partial charge in [0, 0.05) is 24.7 Å². The Balaban J connectivity index is 1.77. The van der Waals surface area contributed by atoms with Crippen LogP contribution in [0.25, 0.3) is 0 Å². The van der Waals surface area contributed by atoms with E-state index in [9.17, 15) is 4.79 Å². The average Bonchev–Trinajstić information content (AvgIpc) is 2.51. The molecule has 1 fully saturated rings. The molecular weight excluding hydrogens is 276 g/mol. The molecular formula is C18H24N2O2. The van der Waals surface area contributed by atoms with E-state index in [2.05, 4.69) is 23.7 Å². The molecule has 4 heteroatoms. The molecule has 0 aliphatic carbocycles. The van der Waals surface area contributed by atoms with Gasteiger partial charge in [-0.3, -0.25) is 9.88 Å². The van der Waals surface area contributed by atoms with Crippen LogP contribution in [-0.2, 0) is 4.79 Å². The van der Waals surface area contributed by atoms with E-state index in [1.807, 2.05) is 11.0 Å². The number of unbranched alkanes of at least 4 members (excludes halogenated alkanes) is 4.